The molecule has 0 bridgehead atoms. The summed E-state index contributed by atoms with van der Waals surface area (Å²) in [6, 6.07) is 6.47. The second-order valence-electron chi connectivity index (χ2n) is 7.61. The van der Waals surface area contributed by atoms with Crippen molar-refractivity contribution in [2.75, 3.05) is 19.6 Å². The van der Waals surface area contributed by atoms with Crippen LogP contribution in [0.25, 0.3) is 0 Å². The Hall–Kier alpha value is -2.21. The topological polar surface area (TPSA) is 50.2 Å². The predicted molar refractivity (Wildman–Crippen MR) is 96.8 cm³/mol. The summed E-state index contributed by atoms with van der Waals surface area (Å²) < 4.78 is 15.0. The molecule has 2 atom stereocenters. The quantitative estimate of drug-likeness (QED) is 0.864. The fourth-order valence-corrected chi connectivity index (χ4v) is 3.81. The van der Waals surface area contributed by atoms with Crippen LogP contribution >= 0.6 is 0 Å². The van der Waals surface area contributed by atoms with E-state index in [9.17, 15) is 9.18 Å². The maximum atomic E-state index is 13.4. The predicted octanol–water partition coefficient (Wildman–Crippen LogP) is 2.30. The molecule has 1 amide bonds. The third-order valence-corrected chi connectivity index (χ3v) is 5.46. The largest absolute Gasteiger partial charge is 0.338 e. The number of aromatic nitrogens is 2. The van der Waals surface area contributed by atoms with Gasteiger partial charge in [0.05, 0.1) is 12.1 Å². The molecule has 26 heavy (non-hydrogen) atoms. The minimum absolute atomic E-state index is 0.0709. The monoisotopic (exact) mass is 356 g/mol. The number of benzene rings is 1. The van der Waals surface area contributed by atoms with Crippen LogP contribution in [0.3, 0.4) is 0 Å². The van der Waals surface area contributed by atoms with Crippen molar-refractivity contribution in [1.29, 1.82) is 0 Å². The van der Waals surface area contributed by atoms with Gasteiger partial charge in [-0.3, -0.25) is 9.48 Å². The molecule has 0 radical (unpaired) electrons. The number of hydrogen-bond acceptors (Lipinski definition) is 3. The zero-order valence-electron chi connectivity index (χ0n) is 15.1. The summed E-state index contributed by atoms with van der Waals surface area (Å²) in [4.78, 5) is 15.3. The Balaban J connectivity index is 1.52. The van der Waals surface area contributed by atoms with E-state index in [-0.39, 0.29) is 23.6 Å². The number of carbonyl (C=O) groups is 1. The molecule has 1 saturated heterocycles. The summed E-state index contributed by atoms with van der Waals surface area (Å²) in [5.74, 6) is 0.653. The lowest BCUT2D eigenvalue weighted by Gasteiger charge is -2.28. The number of carbonyl (C=O) groups excluding carboxylic acids is 1. The Kier molecular flexibility index (Phi) is 4.76. The first-order valence-corrected chi connectivity index (χ1v) is 9.32. The Morgan fingerprint density at radius 1 is 1.31 bits per heavy atom. The summed E-state index contributed by atoms with van der Waals surface area (Å²) in [5, 5.41) is 7.63. The first-order valence-electron chi connectivity index (χ1n) is 9.32. The molecule has 5 nitrogen and oxygen atoms in total. The lowest BCUT2D eigenvalue weighted by atomic mass is 9.89. The lowest BCUT2D eigenvalue weighted by molar-refractivity contribution is -0.136. The molecule has 1 N–H and O–H groups in total. The highest BCUT2D eigenvalue weighted by Gasteiger charge is 2.38. The van der Waals surface area contributed by atoms with Crippen molar-refractivity contribution >= 4 is 5.91 Å². The highest BCUT2D eigenvalue weighted by Crippen LogP contribution is 2.33. The van der Waals surface area contributed by atoms with Crippen molar-refractivity contribution in [1.82, 2.24) is 20.0 Å². The van der Waals surface area contributed by atoms with E-state index in [0.717, 1.165) is 24.2 Å². The van der Waals surface area contributed by atoms with Gasteiger partial charge in [-0.15, -0.1) is 0 Å². The fraction of sp³-hybridized carbons (Fsp3) is 0.500. The lowest BCUT2D eigenvalue weighted by Crippen LogP contribution is -2.39. The molecular formula is C20H25FN4O. The van der Waals surface area contributed by atoms with Gasteiger partial charge >= 0.3 is 0 Å². The molecule has 1 aromatic carbocycles. The normalized spacial score (nSPS) is 22.5. The summed E-state index contributed by atoms with van der Waals surface area (Å²) >= 11 is 0. The van der Waals surface area contributed by atoms with Crippen molar-refractivity contribution in [2.45, 2.75) is 25.3 Å². The number of aryl methyl sites for hydroxylation is 1. The minimum atomic E-state index is -0.245. The van der Waals surface area contributed by atoms with E-state index in [0.29, 0.717) is 19.0 Å². The van der Waals surface area contributed by atoms with Gasteiger partial charge in [-0.2, -0.15) is 5.10 Å². The number of amides is 1. The number of halogens is 1. The molecule has 1 aliphatic heterocycles. The highest BCUT2D eigenvalue weighted by molar-refractivity contribution is 5.80. The number of nitrogens with one attached hydrogen (secondary N) is 1. The second-order valence-corrected chi connectivity index (χ2v) is 7.61. The van der Waals surface area contributed by atoms with Gasteiger partial charge in [0.1, 0.15) is 5.82 Å². The van der Waals surface area contributed by atoms with Gasteiger partial charge in [0.15, 0.2) is 0 Å². The van der Waals surface area contributed by atoms with Gasteiger partial charge in [-0.25, -0.2) is 4.39 Å². The summed E-state index contributed by atoms with van der Waals surface area (Å²) in [5.41, 5.74) is 2.09. The van der Waals surface area contributed by atoms with E-state index in [2.05, 4.69) is 10.4 Å². The van der Waals surface area contributed by atoms with E-state index in [4.69, 9.17) is 0 Å². The van der Waals surface area contributed by atoms with Crippen LogP contribution in [0.4, 0.5) is 4.39 Å². The molecule has 1 aliphatic carbocycles. The highest BCUT2D eigenvalue weighted by atomic mass is 19.1. The van der Waals surface area contributed by atoms with Crippen molar-refractivity contribution in [3.63, 3.8) is 0 Å². The van der Waals surface area contributed by atoms with Crippen molar-refractivity contribution in [2.24, 2.45) is 18.9 Å². The number of hydrogen-bond donors (Lipinski definition) is 1. The van der Waals surface area contributed by atoms with Crippen LogP contribution in [-0.2, 0) is 18.4 Å². The molecule has 2 aromatic rings. The molecule has 0 spiro atoms. The molecular weight excluding hydrogens is 331 g/mol. The van der Waals surface area contributed by atoms with Gasteiger partial charge in [-0.05, 0) is 42.0 Å². The third-order valence-electron chi connectivity index (χ3n) is 5.46. The summed E-state index contributed by atoms with van der Waals surface area (Å²) in [6.45, 7) is 2.84. The number of rotatable bonds is 6. The summed E-state index contributed by atoms with van der Waals surface area (Å²) in [6.07, 6.45) is 6.26. The minimum Gasteiger partial charge on any atom is -0.338 e. The molecule has 0 unspecified atom stereocenters. The molecule has 2 aliphatic rings. The van der Waals surface area contributed by atoms with Crippen LogP contribution in [0.5, 0.6) is 0 Å². The van der Waals surface area contributed by atoms with Gasteiger partial charge in [0, 0.05) is 45.3 Å². The van der Waals surface area contributed by atoms with Crippen molar-refractivity contribution in [3.8, 4) is 0 Å². The Morgan fingerprint density at radius 2 is 2.08 bits per heavy atom. The smallest absolute Gasteiger partial charge is 0.227 e. The SMILES string of the molecule is Cn1cc([C@H]2CNC[C@@H]2C(=O)N(Cc2ccc(F)cc2)CC2CC2)cn1. The molecule has 4 rings (SSSR count). The first kappa shape index (κ1) is 17.2. The van der Waals surface area contributed by atoms with Crippen LogP contribution in [0.2, 0.25) is 0 Å². The van der Waals surface area contributed by atoms with Gasteiger partial charge in [0.2, 0.25) is 5.91 Å². The summed E-state index contributed by atoms with van der Waals surface area (Å²) in [7, 11) is 1.90. The van der Waals surface area contributed by atoms with Crippen molar-refractivity contribution in [3.05, 3.63) is 53.6 Å². The molecule has 1 aromatic heterocycles. The molecule has 138 valence electrons. The van der Waals surface area contributed by atoms with Crippen LogP contribution in [0, 0.1) is 17.7 Å². The maximum absolute atomic E-state index is 13.4. The molecule has 6 heteroatoms. The third kappa shape index (κ3) is 3.80. The van der Waals surface area contributed by atoms with Crippen LogP contribution in [0.15, 0.2) is 36.7 Å². The van der Waals surface area contributed by atoms with Gasteiger partial charge in [-0.1, -0.05) is 12.1 Å². The zero-order chi connectivity index (χ0) is 18.1. The first-order chi connectivity index (χ1) is 12.6. The van der Waals surface area contributed by atoms with Crippen LogP contribution in [0.1, 0.15) is 29.9 Å². The molecule has 2 heterocycles. The Labute approximate surface area is 153 Å². The average molecular weight is 356 g/mol. The van der Waals surface area contributed by atoms with E-state index < -0.39 is 0 Å². The fourth-order valence-electron chi connectivity index (χ4n) is 3.81. The van der Waals surface area contributed by atoms with E-state index in [1.54, 1.807) is 16.8 Å². The molecule has 1 saturated carbocycles. The Bertz CT molecular complexity index is 768. The zero-order valence-corrected chi connectivity index (χ0v) is 15.1. The second kappa shape index (κ2) is 7.19. The molecule has 2 fully saturated rings. The van der Waals surface area contributed by atoms with Crippen LogP contribution in [-0.4, -0.2) is 40.2 Å². The van der Waals surface area contributed by atoms with Crippen LogP contribution < -0.4 is 5.32 Å². The van der Waals surface area contributed by atoms with E-state index >= 15 is 0 Å². The van der Waals surface area contributed by atoms with E-state index in [1.165, 1.54) is 25.0 Å². The average Bonchev–Trinajstić information content (AvgIpc) is 3.14. The Morgan fingerprint density at radius 3 is 2.73 bits per heavy atom. The van der Waals surface area contributed by atoms with Crippen molar-refractivity contribution < 1.29 is 9.18 Å². The van der Waals surface area contributed by atoms with Gasteiger partial charge in [0.25, 0.3) is 0 Å². The van der Waals surface area contributed by atoms with Gasteiger partial charge < -0.3 is 10.2 Å². The number of nitrogens with zero attached hydrogens (tertiary/aromatic N) is 3. The van der Waals surface area contributed by atoms with E-state index in [1.807, 2.05) is 24.3 Å². The standard InChI is InChI=1S/C20H25FN4O/c1-24-13-16(8-23-24)18-9-22-10-19(18)20(26)25(11-14-2-3-14)12-15-4-6-17(21)7-5-15/h4-8,13-14,18-19,22H,2-3,9-12H2,1H3/t18-,19+/m1/s1. The maximum Gasteiger partial charge on any atom is 0.227 e.